The Morgan fingerprint density at radius 3 is 3.00 bits per heavy atom. The SMILES string of the molecule is COCC1CCc2cnc(N3CC4(COC4)C3)nc2C1. The Hall–Kier alpha value is -1.20. The molecule has 1 aliphatic carbocycles. The number of aryl methyl sites for hydroxylation is 1. The van der Waals surface area contributed by atoms with Crippen molar-refractivity contribution >= 4 is 5.95 Å². The minimum absolute atomic E-state index is 0.415. The predicted octanol–water partition coefficient (Wildman–Crippen LogP) is 1.06. The summed E-state index contributed by atoms with van der Waals surface area (Å²) in [6, 6.07) is 0. The minimum Gasteiger partial charge on any atom is -0.384 e. The van der Waals surface area contributed by atoms with Crippen molar-refractivity contribution in [2.45, 2.75) is 19.3 Å². The molecule has 5 nitrogen and oxygen atoms in total. The van der Waals surface area contributed by atoms with Crippen LogP contribution in [0, 0.1) is 11.3 Å². The molecule has 0 bridgehead atoms. The van der Waals surface area contributed by atoms with E-state index in [4.69, 9.17) is 14.5 Å². The third-order valence-electron chi connectivity index (χ3n) is 4.80. The lowest BCUT2D eigenvalue weighted by Crippen LogP contribution is -2.66. The number of rotatable bonds is 3. The Bertz CT molecular complexity index is 508. The summed E-state index contributed by atoms with van der Waals surface area (Å²) in [5.41, 5.74) is 2.97. The molecule has 1 atom stereocenters. The number of ether oxygens (including phenoxy) is 2. The zero-order valence-electron chi connectivity index (χ0n) is 12.0. The number of methoxy groups -OCH3 is 1. The van der Waals surface area contributed by atoms with E-state index in [1.165, 1.54) is 17.7 Å². The summed E-state index contributed by atoms with van der Waals surface area (Å²) in [7, 11) is 1.78. The number of fused-ring (bicyclic) bond motifs is 1. The molecule has 0 saturated carbocycles. The molecule has 0 aromatic carbocycles. The Kier molecular flexibility index (Phi) is 2.93. The van der Waals surface area contributed by atoms with Gasteiger partial charge in [-0.1, -0.05) is 0 Å². The van der Waals surface area contributed by atoms with Crippen LogP contribution in [-0.2, 0) is 22.3 Å². The van der Waals surface area contributed by atoms with Gasteiger partial charge in [-0.3, -0.25) is 0 Å². The fraction of sp³-hybridized carbons (Fsp3) is 0.733. The number of hydrogen-bond acceptors (Lipinski definition) is 5. The van der Waals surface area contributed by atoms with Crippen LogP contribution in [0.4, 0.5) is 5.95 Å². The van der Waals surface area contributed by atoms with Crippen molar-refractivity contribution in [3.8, 4) is 0 Å². The van der Waals surface area contributed by atoms with Gasteiger partial charge in [0.05, 0.1) is 18.6 Å². The standard InChI is InChI=1S/C15H21N3O2/c1-19-6-11-2-3-12-5-16-14(17-13(12)4-11)18-7-15(8-18)9-20-10-15/h5,11H,2-4,6-10H2,1H3. The normalized spacial score (nSPS) is 26.9. The van der Waals surface area contributed by atoms with Gasteiger partial charge in [-0.15, -0.1) is 0 Å². The van der Waals surface area contributed by atoms with Crippen LogP contribution in [0.5, 0.6) is 0 Å². The Morgan fingerprint density at radius 2 is 2.30 bits per heavy atom. The van der Waals surface area contributed by atoms with Gasteiger partial charge in [0.1, 0.15) is 0 Å². The fourth-order valence-corrected chi connectivity index (χ4v) is 3.56. The van der Waals surface area contributed by atoms with Crippen LogP contribution >= 0.6 is 0 Å². The van der Waals surface area contributed by atoms with Gasteiger partial charge in [-0.2, -0.15) is 0 Å². The monoisotopic (exact) mass is 275 g/mol. The highest BCUT2D eigenvalue weighted by molar-refractivity contribution is 5.39. The molecule has 2 saturated heterocycles. The summed E-state index contributed by atoms with van der Waals surface area (Å²) in [6.07, 6.45) is 5.33. The Balaban J connectivity index is 1.48. The predicted molar refractivity (Wildman–Crippen MR) is 74.9 cm³/mol. The first-order valence-corrected chi connectivity index (χ1v) is 7.44. The summed E-state index contributed by atoms with van der Waals surface area (Å²) in [5.74, 6) is 1.51. The van der Waals surface area contributed by atoms with Crippen LogP contribution < -0.4 is 4.90 Å². The molecule has 1 aromatic rings. The smallest absolute Gasteiger partial charge is 0.225 e. The number of anilines is 1. The molecule has 20 heavy (non-hydrogen) atoms. The second-order valence-corrected chi connectivity index (χ2v) is 6.55. The van der Waals surface area contributed by atoms with Crippen molar-refractivity contribution < 1.29 is 9.47 Å². The molecule has 1 unspecified atom stereocenters. The van der Waals surface area contributed by atoms with E-state index in [9.17, 15) is 0 Å². The number of hydrogen-bond donors (Lipinski definition) is 0. The highest BCUT2D eigenvalue weighted by atomic mass is 16.5. The highest BCUT2D eigenvalue weighted by Crippen LogP contribution is 2.39. The van der Waals surface area contributed by atoms with Crippen LogP contribution in [0.15, 0.2) is 6.20 Å². The van der Waals surface area contributed by atoms with Gasteiger partial charge in [0.25, 0.3) is 0 Å². The third-order valence-corrected chi connectivity index (χ3v) is 4.80. The van der Waals surface area contributed by atoms with Crippen molar-refractivity contribution in [3.63, 3.8) is 0 Å². The summed E-state index contributed by atoms with van der Waals surface area (Å²) >= 11 is 0. The van der Waals surface area contributed by atoms with E-state index < -0.39 is 0 Å². The number of aromatic nitrogens is 2. The molecular weight excluding hydrogens is 254 g/mol. The van der Waals surface area contributed by atoms with Crippen LogP contribution in [0.1, 0.15) is 17.7 Å². The van der Waals surface area contributed by atoms with Gasteiger partial charge in [-0.05, 0) is 30.7 Å². The van der Waals surface area contributed by atoms with Gasteiger partial charge in [0, 0.05) is 38.7 Å². The molecule has 1 spiro atoms. The van der Waals surface area contributed by atoms with Crippen LogP contribution in [-0.4, -0.2) is 50.0 Å². The maximum atomic E-state index is 5.31. The lowest BCUT2D eigenvalue weighted by atomic mass is 9.78. The first-order chi connectivity index (χ1) is 9.78. The zero-order valence-corrected chi connectivity index (χ0v) is 12.0. The van der Waals surface area contributed by atoms with E-state index in [0.717, 1.165) is 51.7 Å². The molecule has 3 heterocycles. The van der Waals surface area contributed by atoms with Crippen molar-refractivity contribution in [1.29, 1.82) is 0 Å². The molecule has 1 aromatic heterocycles. The minimum atomic E-state index is 0.415. The summed E-state index contributed by atoms with van der Waals surface area (Å²) in [5, 5.41) is 0. The van der Waals surface area contributed by atoms with Crippen LogP contribution in [0.25, 0.3) is 0 Å². The average Bonchev–Trinajstić information content (AvgIpc) is 2.35. The van der Waals surface area contributed by atoms with Gasteiger partial charge < -0.3 is 14.4 Å². The van der Waals surface area contributed by atoms with Crippen LogP contribution in [0.3, 0.4) is 0 Å². The molecule has 3 aliphatic rings. The van der Waals surface area contributed by atoms with Crippen molar-refractivity contribution in [1.82, 2.24) is 9.97 Å². The van der Waals surface area contributed by atoms with E-state index in [-0.39, 0.29) is 0 Å². The molecular formula is C15H21N3O2. The zero-order chi connectivity index (χ0) is 13.6. The number of nitrogens with zero attached hydrogens (tertiary/aromatic N) is 3. The highest BCUT2D eigenvalue weighted by Gasteiger charge is 2.49. The largest absolute Gasteiger partial charge is 0.384 e. The Morgan fingerprint density at radius 1 is 1.45 bits per heavy atom. The van der Waals surface area contributed by atoms with E-state index in [2.05, 4.69) is 9.88 Å². The van der Waals surface area contributed by atoms with Gasteiger partial charge >= 0.3 is 0 Å². The lowest BCUT2D eigenvalue weighted by Gasteiger charge is -2.54. The van der Waals surface area contributed by atoms with Gasteiger partial charge in [-0.25, -0.2) is 9.97 Å². The Labute approximate surface area is 119 Å². The summed E-state index contributed by atoms with van der Waals surface area (Å²) in [6.45, 7) is 4.75. The molecule has 2 aliphatic heterocycles. The second-order valence-electron chi connectivity index (χ2n) is 6.55. The van der Waals surface area contributed by atoms with Crippen molar-refractivity contribution in [2.24, 2.45) is 11.3 Å². The molecule has 4 rings (SSSR count). The van der Waals surface area contributed by atoms with E-state index in [1.54, 1.807) is 7.11 Å². The molecule has 5 heteroatoms. The quantitative estimate of drug-likeness (QED) is 0.825. The topological polar surface area (TPSA) is 47.5 Å². The average molecular weight is 275 g/mol. The second kappa shape index (κ2) is 4.67. The molecule has 0 radical (unpaired) electrons. The van der Waals surface area contributed by atoms with E-state index >= 15 is 0 Å². The van der Waals surface area contributed by atoms with Gasteiger partial charge in [0.15, 0.2) is 0 Å². The first kappa shape index (κ1) is 12.5. The van der Waals surface area contributed by atoms with E-state index in [1.807, 2.05) is 6.20 Å². The lowest BCUT2D eigenvalue weighted by molar-refractivity contribution is -0.127. The molecule has 108 valence electrons. The molecule has 2 fully saturated rings. The van der Waals surface area contributed by atoms with Crippen molar-refractivity contribution in [2.75, 3.05) is 44.9 Å². The van der Waals surface area contributed by atoms with Gasteiger partial charge in [0.2, 0.25) is 5.95 Å². The summed E-state index contributed by atoms with van der Waals surface area (Å²) in [4.78, 5) is 11.6. The van der Waals surface area contributed by atoms with Crippen molar-refractivity contribution in [3.05, 3.63) is 17.5 Å². The molecule has 0 N–H and O–H groups in total. The maximum absolute atomic E-state index is 5.31. The van der Waals surface area contributed by atoms with E-state index in [0.29, 0.717) is 11.3 Å². The van der Waals surface area contributed by atoms with Crippen LogP contribution in [0.2, 0.25) is 0 Å². The maximum Gasteiger partial charge on any atom is 0.225 e. The third kappa shape index (κ3) is 2.00. The summed E-state index contributed by atoms with van der Waals surface area (Å²) < 4.78 is 10.6. The fourth-order valence-electron chi connectivity index (χ4n) is 3.56. The first-order valence-electron chi connectivity index (χ1n) is 7.44. The molecule has 0 amide bonds.